The first-order chi connectivity index (χ1) is 13.4. The molecule has 0 aliphatic rings. The van der Waals surface area contributed by atoms with E-state index in [2.05, 4.69) is 19.8 Å². The van der Waals surface area contributed by atoms with Gasteiger partial charge in [-0.25, -0.2) is 18.7 Å². The van der Waals surface area contributed by atoms with E-state index in [0.717, 1.165) is 11.0 Å². The third-order valence-electron chi connectivity index (χ3n) is 3.82. The third kappa shape index (κ3) is 8.61. The summed E-state index contributed by atoms with van der Waals surface area (Å²) in [5.41, 5.74) is 1.06. The molecule has 0 aliphatic heterocycles. The molecule has 30 heavy (non-hydrogen) atoms. The molecule has 0 saturated carbocycles. The average molecular weight is 485 g/mol. The van der Waals surface area contributed by atoms with Crippen LogP contribution >= 0.6 is 0 Å². The van der Waals surface area contributed by atoms with Crippen LogP contribution in [-0.4, -0.2) is 41.0 Å². The number of hydrogen-bond donors (Lipinski definition) is 2. The van der Waals surface area contributed by atoms with Gasteiger partial charge in [-0.2, -0.15) is 0 Å². The number of halogens is 1. The highest BCUT2D eigenvalue weighted by molar-refractivity contribution is 5.72. The van der Waals surface area contributed by atoms with E-state index in [1.807, 2.05) is 72.1 Å². The van der Waals surface area contributed by atoms with Crippen molar-refractivity contribution in [3.8, 4) is 0 Å². The van der Waals surface area contributed by atoms with E-state index in [4.69, 9.17) is 9.47 Å². The second-order valence-electron chi connectivity index (χ2n) is 8.85. The minimum absolute atomic E-state index is 0. The first-order valence-corrected chi connectivity index (χ1v) is 9.86. The number of fused-ring (bicyclic) bond motifs is 1. The third-order valence-corrected chi connectivity index (χ3v) is 3.82. The van der Waals surface area contributed by atoms with Crippen molar-refractivity contribution < 1.29 is 40.6 Å². The quantitative estimate of drug-likeness (QED) is 0.564. The van der Waals surface area contributed by atoms with Crippen molar-refractivity contribution in [2.75, 3.05) is 13.1 Å². The number of benzene rings is 1. The summed E-state index contributed by atoms with van der Waals surface area (Å²) in [5.74, 6) is 0. The molecule has 2 rings (SSSR count). The standard InChI is InChI=1S/C21H32N4O4.BrH/c1-20(2,3)28-18(26)22-11-13-24-15-25(17-10-8-7-9-16(17)24)14-12-23-19(27)29-21(4,5)6;/h7-10,15H,11-14H2,1-6H3,(H-,22,23,26,27);1H. The molecule has 2 aromatic rings. The maximum atomic E-state index is 11.8. The van der Waals surface area contributed by atoms with Gasteiger partial charge in [0.2, 0.25) is 6.33 Å². The SMILES string of the molecule is CC(C)(C)OC(=O)NCCn1c[n+](CCNC(=O)OC(C)(C)C)c2ccccc21.[Br-]. The summed E-state index contributed by atoms with van der Waals surface area (Å²) < 4.78 is 14.7. The van der Waals surface area contributed by atoms with E-state index in [-0.39, 0.29) is 17.0 Å². The van der Waals surface area contributed by atoms with Crippen LogP contribution in [0, 0.1) is 0 Å². The van der Waals surface area contributed by atoms with Gasteiger partial charge in [0.25, 0.3) is 0 Å². The number of carbonyl (C=O) groups excluding carboxylic acids is 2. The van der Waals surface area contributed by atoms with E-state index in [0.29, 0.717) is 26.2 Å². The highest BCUT2D eigenvalue weighted by Gasteiger charge is 2.19. The van der Waals surface area contributed by atoms with Crippen LogP contribution in [-0.2, 0) is 22.6 Å². The minimum atomic E-state index is -0.519. The highest BCUT2D eigenvalue weighted by Crippen LogP contribution is 2.11. The van der Waals surface area contributed by atoms with Crippen LogP contribution in [0.15, 0.2) is 30.6 Å². The lowest BCUT2D eigenvalue weighted by Crippen LogP contribution is -3.00. The zero-order valence-electron chi connectivity index (χ0n) is 18.6. The molecular weight excluding hydrogens is 452 g/mol. The molecule has 1 heterocycles. The topological polar surface area (TPSA) is 85.5 Å². The normalized spacial score (nSPS) is 11.5. The predicted molar refractivity (Wildman–Crippen MR) is 111 cm³/mol. The molecule has 0 bridgehead atoms. The van der Waals surface area contributed by atoms with Crippen LogP contribution < -0.4 is 32.2 Å². The van der Waals surface area contributed by atoms with E-state index in [1.165, 1.54) is 0 Å². The molecule has 8 nitrogen and oxygen atoms in total. The van der Waals surface area contributed by atoms with E-state index in [1.54, 1.807) is 0 Å². The summed E-state index contributed by atoms with van der Waals surface area (Å²) in [6.07, 6.45) is 1.13. The van der Waals surface area contributed by atoms with Gasteiger partial charge in [0.1, 0.15) is 24.3 Å². The van der Waals surface area contributed by atoms with Gasteiger partial charge < -0.3 is 37.1 Å². The van der Waals surface area contributed by atoms with E-state index >= 15 is 0 Å². The summed E-state index contributed by atoms with van der Waals surface area (Å²) in [6, 6.07) is 8.01. The molecule has 0 aliphatic carbocycles. The second-order valence-corrected chi connectivity index (χ2v) is 8.85. The Morgan fingerprint density at radius 3 is 2.03 bits per heavy atom. The Bertz CT molecular complexity index is 785. The van der Waals surface area contributed by atoms with E-state index < -0.39 is 23.4 Å². The van der Waals surface area contributed by atoms with Crippen LogP contribution in [0.5, 0.6) is 0 Å². The monoisotopic (exact) mass is 484 g/mol. The highest BCUT2D eigenvalue weighted by atomic mass is 79.9. The molecule has 0 fully saturated rings. The van der Waals surface area contributed by atoms with Crippen LogP contribution in [0.1, 0.15) is 41.5 Å². The fraction of sp³-hybridized carbons (Fsp3) is 0.571. The second kappa shape index (κ2) is 10.7. The fourth-order valence-corrected chi connectivity index (χ4v) is 2.78. The van der Waals surface area contributed by atoms with Crippen LogP contribution in [0.2, 0.25) is 0 Å². The molecule has 9 heteroatoms. The Kier molecular flexibility index (Phi) is 9.14. The number of para-hydroxylation sites is 2. The maximum absolute atomic E-state index is 11.8. The van der Waals surface area contributed by atoms with Crippen LogP contribution in [0.4, 0.5) is 9.59 Å². The summed E-state index contributed by atoms with van der Waals surface area (Å²) in [6.45, 7) is 13.1. The van der Waals surface area contributed by atoms with Crippen molar-refractivity contribution in [2.45, 2.75) is 65.8 Å². The zero-order valence-corrected chi connectivity index (χ0v) is 20.2. The van der Waals surface area contributed by atoms with Gasteiger partial charge in [0, 0.05) is 0 Å². The number of ether oxygens (including phenoxy) is 2. The Balaban J connectivity index is 0.00000450. The van der Waals surface area contributed by atoms with Crippen LogP contribution in [0.25, 0.3) is 11.0 Å². The molecule has 0 radical (unpaired) electrons. The van der Waals surface area contributed by atoms with Crippen molar-refractivity contribution in [3.63, 3.8) is 0 Å². The van der Waals surface area contributed by atoms with Gasteiger partial charge in [0.15, 0.2) is 11.0 Å². The van der Waals surface area contributed by atoms with Gasteiger partial charge in [-0.05, 0) is 53.7 Å². The lowest BCUT2D eigenvalue weighted by Gasteiger charge is -2.19. The first-order valence-electron chi connectivity index (χ1n) is 9.86. The van der Waals surface area contributed by atoms with Gasteiger partial charge in [0.05, 0.1) is 13.1 Å². The smallest absolute Gasteiger partial charge is 0.407 e. The molecular formula is C21H33BrN4O4. The van der Waals surface area contributed by atoms with Crippen molar-refractivity contribution in [1.29, 1.82) is 0 Å². The molecule has 168 valence electrons. The van der Waals surface area contributed by atoms with Gasteiger partial charge in [-0.15, -0.1) is 0 Å². The summed E-state index contributed by atoms with van der Waals surface area (Å²) in [7, 11) is 0. The zero-order chi connectivity index (χ0) is 21.7. The van der Waals surface area contributed by atoms with E-state index in [9.17, 15) is 9.59 Å². The number of alkyl carbamates (subject to hydrolysis) is 2. The van der Waals surface area contributed by atoms with Gasteiger partial charge in [-0.3, -0.25) is 0 Å². The average Bonchev–Trinajstić information content (AvgIpc) is 2.90. The Morgan fingerprint density at radius 1 is 0.933 bits per heavy atom. The fourth-order valence-electron chi connectivity index (χ4n) is 2.78. The number of nitrogens with zero attached hydrogens (tertiary/aromatic N) is 2. The summed E-state index contributed by atoms with van der Waals surface area (Å²) in [5, 5.41) is 5.55. The molecule has 2 N–H and O–H groups in total. The summed E-state index contributed by atoms with van der Waals surface area (Å²) >= 11 is 0. The maximum Gasteiger partial charge on any atom is 0.407 e. The number of rotatable bonds is 6. The Hall–Kier alpha value is -2.29. The number of carbonyl (C=O) groups is 2. The van der Waals surface area contributed by atoms with Crippen molar-refractivity contribution in [3.05, 3.63) is 30.6 Å². The molecule has 0 atom stereocenters. The van der Waals surface area contributed by atoms with Crippen molar-refractivity contribution in [2.24, 2.45) is 0 Å². The molecule has 0 saturated heterocycles. The lowest BCUT2D eigenvalue weighted by molar-refractivity contribution is -0.670. The molecule has 2 amide bonds. The number of hydrogen-bond acceptors (Lipinski definition) is 4. The largest absolute Gasteiger partial charge is 1.00 e. The molecule has 0 unspecified atom stereocenters. The van der Waals surface area contributed by atoms with Crippen LogP contribution in [0.3, 0.4) is 0 Å². The van der Waals surface area contributed by atoms with Gasteiger partial charge >= 0.3 is 12.2 Å². The van der Waals surface area contributed by atoms with Crippen molar-refractivity contribution >= 4 is 23.2 Å². The number of imidazole rings is 1. The number of nitrogens with one attached hydrogen (secondary N) is 2. The molecule has 1 aromatic carbocycles. The van der Waals surface area contributed by atoms with Gasteiger partial charge in [-0.1, -0.05) is 12.1 Å². The Labute approximate surface area is 188 Å². The number of aromatic nitrogens is 2. The van der Waals surface area contributed by atoms with Crippen molar-refractivity contribution in [1.82, 2.24) is 15.2 Å². The Morgan fingerprint density at radius 2 is 1.47 bits per heavy atom. The first kappa shape index (κ1) is 25.7. The summed E-state index contributed by atoms with van der Waals surface area (Å²) in [4.78, 5) is 23.6. The molecule has 1 aromatic heterocycles. The minimum Gasteiger partial charge on any atom is -1.00 e. The number of amides is 2. The predicted octanol–water partition coefficient (Wildman–Crippen LogP) is -0.0178. The molecule has 0 spiro atoms. The lowest BCUT2D eigenvalue weighted by atomic mass is 10.2.